The van der Waals surface area contributed by atoms with Gasteiger partial charge >= 0.3 is 0 Å². The van der Waals surface area contributed by atoms with Gasteiger partial charge in [0, 0.05) is 48.9 Å². The van der Waals surface area contributed by atoms with Crippen molar-refractivity contribution in [3.63, 3.8) is 0 Å². The van der Waals surface area contributed by atoms with Crippen LogP contribution in [0, 0.1) is 6.92 Å². The van der Waals surface area contributed by atoms with Gasteiger partial charge in [0.2, 0.25) is 5.91 Å². The molecule has 1 aliphatic heterocycles. The molecule has 1 aromatic carbocycles. The molecule has 0 spiro atoms. The molecule has 2 N–H and O–H groups in total. The minimum absolute atomic E-state index is 0.111. The molecule has 1 amide bonds. The van der Waals surface area contributed by atoms with E-state index in [9.17, 15) is 4.79 Å². The summed E-state index contributed by atoms with van der Waals surface area (Å²) >= 11 is 0. The first kappa shape index (κ1) is 19.2. The summed E-state index contributed by atoms with van der Waals surface area (Å²) in [6.45, 7) is 4.41. The number of hydrogen-bond acceptors (Lipinski definition) is 5. The van der Waals surface area contributed by atoms with Crippen LogP contribution in [0.3, 0.4) is 0 Å². The lowest BCUT2D eigenvalue weighted by molar-refractivity contribution is -0.115. The Bertz CT molecular complexity index is 1100. The number of fused-ring (bicyclic) bond motifs is 1. The van der Waals surface area contributed by atoms with Crippen molar-refractivity contribution in [1.82, 2.24) is 14.9 Å². The molecule has 3 heterocycles. The first-order valence-electron chi connectivity index (χ1n) is 9.81. The topological polar surface area (TPSA) is 84.5 Å². The summed E-state index contributed by atoms with van der Waals surface area (Å²) in [5, 5.41) is 2.16. The van der Waals surface area contributed by atoms with Crippen LogP contribution in [0.25, 0.3) is 21.9 Å². The van der Waals surface area contributed by atoms with E-state index in [1.807, 2.05) is 25.3 Å². The number of carbonyl (C=O) groups excluding carboxylic acids is 1. The molecule has 2 aromatic heterocycles. The Labute approximate surface area is 170 Å². The van der Waals surface area contributed by atoms with Gasteiger partial charge in [0.15, 0.2) is 0 Å². The smallest absolute Gasteiger partial charge is 0.242 e. The average Bonchev–Trinajstić information content (AvgIpc) is 2.68. The van der Waals surface area contributed by atoms with Gasteiger partial charge < -0.3 is 5.73 Å². The number of piperidine rings is 1. The Hall–Kier alpha value is -3.12. The number of nitrogens with two attached hydrogens (primary N) is 1. The van der Waals surface area contributed by atoms with Crippen molar-refractivity contribution in [2.75, 3.05) is 19.3 Å². The number of nitrogen functional groups attached to an aromatic ring is 1. The molecule has 1 aliphatic rings. The van der Waals surface area contributed by atoms with Crippen LogP contribution in [0.1, 0.15) is 37.1 Å². The number of likely N-dealkylation sites (tertiary alicyclic amines) is 1. The monoisotopic (exact) mass is 387 g/mol. The number of anilines is 1. The standard InChI is InChI=1S/C23H25N5O/c1-14-7-9-25-23(24)22(14)18-6-4-5-16-11-20(26-13-19(16)18)21-12-17(27-15(2)29)8-10-28(21)3/h4-7,9,11,13,21H,8,10,12H2,1-3H3,(H2,24,25). The van der Waals surface area contributed by atoms with E-state index in [0.29, 0.717) is 5.82 Å². The maximum absolute atomic E-state index is 11.4. The highest BCUT2D eigenvalue weighted by Crippen LogP contribution is 2.35. The molecule has 1 atom stereocenters. The molecule has 0 saturated carbocycles. The van der Waals surface area contributed by atoms with Gasteiger partial charge in [0.25, 0.3) is 0 Å². The van der Waals surface area contributed by atoms with E-state index < -0.39 is 0 Å². The maximum atomic E-state index is 11.4. The molecular weight excluding hydrogens is 362 g/mol. The third-order valence-corrected chi connectivity index (χ3v) is 5.62. The van der Waals surface area contributed by atoms with Gasteiger partial charge in [0.1, 0.15) is 5.82 Å². The highest BCUT2D eigenvalue weighted by Gasteiger charge is 2.26. The fourth-order valence-electron chi connectivity index (χ4n) is 4.12. The number of pyridine rings is 2. The quantitative estimate of drug-likeness (QED) is 0.720. The fourth-order valence-corrected chi connectivity index (χ4v) is 4.12. The molecule has 0 aliphatic carbocycles. The minimum Gasteiger partial charge on any atom is -0.383 e. The minimum atomic E-state index is -0.135. The van der Waals surface area contributed by atoms with Gasteiger partial charge in [-0.05, 0) is 49.0 Å². The van der Waals surface area contributed by atoms with Crippen molar-refractivity contribution in [2.45, 2.75) is 32.7 Å². The molecule has 1 fully saturated rings. The van der Waals surface area contributed by atoms with Gasteiger partial charge in [-0.15, -0.1) is 0 Å². The van der Waals surface area contributed by atoms with Crippen LogP contribution in [-0.4, -0.2) is 40.1 Å². The zero-order valence-electron chi connectivity index (χ0n) is 17.0. The van der Waals surface area contributed by atoms with E-state index in [4.69, 9.17) is 10.7 Å². The number of aliphatic imine (C=N–C) groups is 1. The molecule has 6 heteroatoms. The molecule has 1 saturated heterocycles. The third-order valence-electron chi connectivity index (χ3n) is 5.62. The van der Waals surface area contributed by atoms with Crippen LogP contribution >= 0.6 is 0 Å². The van der Waals surface area contributed by atoms with E-state index in [-0.39, 0.29) is 11.9 Å². The van der Waals surface area contributed by atoms with Gasteiger partial charge in [-0.1, -0.05) is 18.2 Å². The summed E-state index contributed by atoms with van der Waals surface area (Å²) in [7, 11) is 2.09. The molecule has 1 unspecified atom stereocenters. The third kappa shape index (κ3) is 3.76. The summed E-state index contributed by atoms with van der Waals surface area (Å²) in [6, 6.07) is 10.4. The average molecular weight is 387 g/mol. The first-order valence-corrected chi connectivity index (χ1v) is 9.81. The lowest BCUT2D eigenvalue weighted by Crippen LogP contribution is -2.34. The number of aromatic nitrogens is 2. The Morgan fingerprint density at radius 1 is 1.28 bits per heavy atom. The zero-order chi connectivity index (χ0) is 20.5. The number of carbonyl (C=O) groups is 1. The first-order chi connectivity index (χ1) is 13.9. The SMILES string of the molecule is CC(=O)N=C1CCN(C)C(c2cc3cccc(-c4c(C)ccnc4N)c3cn2)C1. The van der Waals surface area contributed by atoms with Gasteiger partial charge in [-0.3, -0.25) is 14.7 Å². The second kappa shape index (κ2) is 7.72. The van der Waals surface area contributed by atoms with Crippen LogP contribution in [0.15, 0.2) is 47.7 Å². The van der Waals surface area contributed by atoms with Crippen LogP contribution < -0.4 is 5.73 Å². The van der Waals surface area contributed by atoms with Gasteiger partial charge in [-0.25, -0.2) is 9.98 Å². The molecule has 0 bridgehead atoms. The normalized spacial score (nSPS) is 19.0. The Balaban J connectivity index is 1.77. The van der Waals surface area contributed by atoms with Crippen molar-refractivity contribution in [2.24, 2.45) is 4.99 Å². The van der Waals surface area contributed by atoms with Crippen LogP contribution in [0.4, 0.5) is 5.82 Å². The second-order valence-corrected chi connectivity index (χ2v) is 7.67. The van der Waals surface area contributed by atoms with E-state index in [0.717, 1.165) is 58.3 Å². The second-order valence-electron chi connectivity index (χ2n) is 7.67. The van der Waals surface area contributed by atoms with Crippen molar-refractivity contribution < 1.29 is 4.79 Å². The van der Waals surface area contributed by atoms with Crippen LogP contribution in [-0.2, 0) is 4.79 Å². The van der Waals surface area contributed by atoms with Crippen molar-refractivity contribution in [3.05, 3.63) is 54.0 Å². The molecule has 148 valence electrons. The van der Waals surface area contributed by atoms with E-state index >= 15 is 0 Å². The van der Waals surface area contributed by atoms with Crippen LogP contribution in [0.2, 0.25) is 0 Å². The molecular formula is C23H25N5O. The highest BCUT2D eigenvalue weighted by molar-refractivity contribution is 5.99. The Morgan fingerprint density at radius 3 is 2.86 bits per heavy atom. The number of aryl methyl sites for hydroxylation is 1. The number of nitrogens with zero attached hydrogens (tertiary/aromatic N) is 4. The Morgan fingerprint density at radius 2 is 2.10 bits per heavy atom. The number of rotatable bonds is 2. The lowest BCUT2D eigenvalue weighted by Gasteiger charge is -2.33. The number of amides is 1. The fraction of sp³-hybridized carbons (Fsp3) is 0.304. The summed E-state index contributed by atoms with van der Waals surface area (Å²) in [5.41, 5.74) is 11.2. The van der Waals surface area contributed by atoms with E-state index in [1.54, 1.807) is 6.20 Å². The molecule has 0 radical (unpaired) electrons. The zero-order valence-corrected chi connectivity index (χ0v) is 17.0. The van der Waals surface area contributed by atoms with E-state index in [2.05, 4.69) is 40.1 Å². The number of hydrogen-bond donors (Lipinski definition) is 1. The predicted molar refractivity (Wildman–Crippen MR) is 117 cm³/mol. The predicted octanol–water partition coefficient (Wildman–Crippen LogP) is 3.94. The summed E-state index contributed by atoms with van der Waals surface area (Å²) in [6.07, 6.45) is 5.21. The molecule has 6 nitrogen and oxygen atoms in total. The summed E-state index contributed by atoms with van der Waals surface area (Å²) in [5.74, 6) is 0.391. The maximum Gasteiger partial charge on any atom is 0.242 e. The highest BCUT2D eigenvalue weighted by atomic mass is 16.1. The van der Waals surface area contributed by atoms with Crippen molar-refractivity contribution in [1.29, 1.82) is 0 Å². The largest absolute Gasteiger partial charge is 0.383 e. The summed E-state index contributed by atoms with van der Waals surface area (Å²) < 4.78 is 0. The van der Waals surface area contributed by atoms with Crippen molar-refractivity contribution >= 4 is 28.2 Å². The Kier molecular flexibility index (Phi) is 5.11. The molecule has 3 aromatic rings. The van der Waals surface area contributed by atoms with E-state index in [1.165, 1.54) is 6.92 Å². The van der Waals surface area contributed by atoms with Gasteiger partial charge in [0.05, 0.1) is 11.7 Å². The van der Waals surface area contributed by atoms with Gasteiger partial charge in [-0.2, -0.15) is 0 Å². The lowest BCUT2D eigenvalue weighted by atomic mass is 9.94. The molecule has 4 rings (SSSR count). The molecule has 29 heavy (non-hydrogen) atoms. The summed E-state index contributed by atoms with van der Waals surface area (Å²) in [4.78, 5) is 26.9. The van der Waals surface area contributed by atoms with Crippen LogP contribution in [0.5, 0.6) is 0 Å². The number of benzene rings is 1. The van der Waals surface area contributed by atoms with Crippen molar-refractivity contribution in [3.8, 4) is 11.1 Å².